The summed E-state index contributed by atoms with van der Waals surface area (Å²) in [5.74, 6) is -0.553. The number of hydrogen-bond acceptors (Lipinski definition) is 4. The molecule has 1 amide bonds. The first kappa shape index (κ1) is 17.5. The summed E-state index contributed by atoms with van der Waals surface area (Å²) in [6.07, 6.45) is -0.631. The number of ether oxygens (including phenoxy) is 2. The van der Waals surface area contributed by atoms with Crippen LogP contribution in [0.5, 0.6) is 0 Å². The second-order valence-corrected chi connectivity index (χ2v) is 6.52. The van der Waals surface area contributed by atoms with E-state index in [-0.39, 0.29) is 18.3 Å². The van der Waals surface area contributed by atoms with Crippen LogP contribution in [0, 0.1) is 13.8 Å². The summed E-state index contributed by atoms with van der Waals surface area (Å²) in [5.41, 5.74) is 4.01. The van der Waals surface area contributed by atoms with Crippen LogP contribution in [0.25, 0.3) is 10.9 Å². The third-order valence-electron chi connectivity index (χ3n) is 4.57. The molecule has 0 aliphatic carbocycles. The summed E-state index contributed by atoms with van der Waals surface area (Å²) in [6.45, 7) is 7.73. The highest BCUT2D eigenvalue weighted by atomic mass is 16.5. The number of H-pyrrole nitrogens is 1. The van der Waals surface area contributed by atoms with Gasteiger partial charge in [-0.25, -0.2) is 0 Å². The highest BCUT2D eigenvalue weighted by molar-refractivity contribution is 5.90. The van der Waals surface area contributed by atoms with Gasteiger partial charge in [-0.1, -0.05) is 11.6 Å². The Labute approximate surface area is 147 Å². The van der Waals surface area contributed by atoms with Gasteiger partial charge in [-0.15, -0.1) is 0 Å². The van der Waals surface area contributed by atoms with E-state index in [9.17, 15) is 9.59 Å². The molecule has 1 N–H and O–H groups in total. The van der Waals surface area contributed by atoms with Crippen molar-refractivity contribution in [3.8, 4) is 0 Å². The van der Waals surface area contributed by atoms with Crippen molar-refractivity contribution in [3.63, 3.8) is 0 Å². The zero-order valence-electron chi connectivity index (χ0n) is 14.9. The monoisotopic (exact) mass is 344 g/mol. The smallest absolute Gasteiger partial charge is 0.311 e. The fourth-order valence-corrected chi connectivity index (χ4v) is 3.20. The lowest BCUT2D eigenvalue weighted by Crippen LogP contribution is -2.46. The first-order valence-electron chi connectivity index (χ1n) is 8.59. The van der Waals surface area contributed by atoms with E-state index in [1.54, 1.807) is 11.8 Å². The Hall–Kier alpha value is -2.34. The third kappa shape index (κ3) is 3.85. The van der Waals surface area contributed by atoms with Gasteiger partial charge >= 0.3 is 5.97 Å². The molecule has 0 radical (unpaired) electrons. The van der Waals surface area contributed by atoms with Crippen molar-refractivity contribution >= 4 is 22.8 Å². The van der Waals surface area contributed by atoms with Crippen LogP contribution in [-0.2, 0) is 25.5 Å². The van der Waals surface area contributed by atoms with Gasteiger partial charge < -0.3 is 19.4 Å². The van der Waals surface area contributed by atoms with Crippen LogP contribution in [0.2, 0.25) is 0 Å². The standard InChI is InChI=1S/C19H24N2O4/c1-12-4-5-17-16(10-12)15(13(2)20-17)11-18(22)25-14(3)19(23)21-6-8-24-9-7-21/h4-5,10,14,20H,6-9,11H2,1-3H3/t14-/m0/s1. The van der Waals surface area contributed by atoms with Gasteiger partial charge in [0.2, 0.25) is 0 Å². The Balaban J connectivity index is 1.67. The van der Waals surface area contributed by atoms with Crippen LogP contribution in [-0.4, -0.2) is 54.2 Å². The number of morpholine rings is 1. The molecule has 6 nitrogen and oxygen atoms in total. The number of nitrogens with zero attached hydrogens (tertiary/aromatic N) is 1. The SMILES string of the molecule is Cc1ccc2[nH]c(C)c(CC(=O)O[C@@H](C)C(=O)N3CCOCC3)c2c1. The minimum absolute atomic E-state index is 0.149. The summed E-state index contributed by atoms with van der Waals surface area (Å²) < 4.78 is 10.6. The number of aromatic nitrogens is 1. The number of nitrogens with one attached hydrogen (secondary N) is 1. The molecule has 2 heterocycles. The van der Waals surface area contributed by atoms with Crippen LogP contribution >= 0.6 is 0 Å². The van der Waals surface area contributed by atoms with E-state index in [0.29, 0.717) is 26.3 Å². The van der Waals surface area contributed by atoms with E-state index in [2.05, 4.69) is 11.1 Å². The van der Waals surface area contributed by atoms with Crippen LogP contribution < -0.4 is 0 Å². The molecule has 6 heteroatoms. The molecule has 134 valence electrons. The van der Waals surface area contributed by atoms with E-state index in [0.717, 1.165) is 27.7 Å². The fourth-order valence-electron chi connectivity index (χ4n) is 3.20. The molecule has 1 fully saturated rings. The molecule has 1 atom stereocenters. The molecule has 0 unspecified atom stereocenters. The van der Waals surface area contributed by atoms with Gasteiger partial charge in [0, 0.05) is 29.7 Å². The van der Waals surface area contributed by atoms with Crippen molar-refractivity contribution in [2.24, 2.45) is 0 Å². The fraction of sp³-hybridized carbons (Fsp3) is 0.474. The van der Waals surface area contributed by atoms with Crippen LogP contribution in [0.3, 0.4) is 0 Å². The number of hydrogen-bond donors (Lipinski definition) is 1. The molecule has 2 aromatic rings. The lowest BCUT2D eigenvalue weighted by molar-refractivity contribution is -0.160. The van der Waals surface area contributed by atoms with Crippen molar-refractivity contribution in [2.75, 3.05) is 26.3 Å². The van der Waals surface area contributed by atoms with Crippen molar-refractivity contribution in [3.05, 3.63) is 35.0 Å². The minimum atomic E-state index is -0.780. The van der Waals surface area contributed by atoms with Gasteiger partial charge in [0.15, 0.2) is 6.10 Å². The summed E-state index contributed by atoms with van der Waals surface area (Å²) in [7, 11) is 0. The maximum absolute atomic E-state index is 12.4. The molecule has 1 saturated heterocycles. The summed E-state index contributed by atoms with van der Waals surface area (Å²) in [4.78, 5) is 29.7. The van der Waals surface area contributed by atoms with Gasteiger partial charge in [-0.05, 0) is 38.5 Å². The molecule has 0 saturated carbocycles. The van der Waals surface area contributed by atoms with E-state index < -0.39 is 6.10 Å². The summed E-state index contributed by atoms with van der Waals surface area (Å²) >= 11 is 0. The number of fused-ring (bicyclic) bond motifs is 1. The van der Waals surface area contributed by atoms with Gasteiger partial charge in [-0.2, -0.15) is 0 Å². The maximum Gasteiger partial charge on any atom is 0.311 e. The highest BCUT2D eigenvalue weighted by Gasteiger charge is 2.25. The van der Waals surface area contributed by atoms with Crippen molar-refractivity contribution in [2.45, 2.75) is 33.3 Å². The lowest BCUT2D eigenvalue weighted by Gasteiger charge is -2.28. The van der Waals surface area contributed by atoms with E-state index in [1.807, 2.05) is 26.0 Å². The van der Waals surface area contributed by atoms with Crippen molar-refractivity contribution in [1.82, 2.24) is 9.88 Å². The number of aromatic amines is 1. The van der Waals surface area contributed by atoms with Crippen LogP contribution in [0.1, 0.15) is 23.7 Å². The average Bonchev–Trinajstić information content (AvgIpc) is 2.90. The predicted octanol–water partition coefficient (Wildman–Crippen LogP) is 2.12. The van der Waals surface area contributed by atoms with Gasteiger partial charge in [0.1, 0.15) is 0 Å². The number of benzene rings is 1. The largest absolute Gasteiger partial charge is 0.452 e. The number of rotatable bonds is 4. The normalized spacial score (nSPS) is 16.0. The van der Waals surface area contributed by atoms with Crippen molar-refractivity contribution in [1.29, 1.82) is 0 Å². The molecule has 0 bridgehead atoms. The molecule has 1 aromatic carbocycles. The van der Waals surface area contributed by atoms with Crippen LogP contribution in [0.4, 0.5) is 0 Å². The topological polar surface area (TPSA) is 71.6 Å². The highest BCUT2D eigenvalue weighted by Crippen LogP contribution is 2.24. The van der Waals surface area contributed by atoms with E-state index in [4.69, 9.17) is 9.47 Å². The first-order chi connectivity index (χ1) is 12.0. The van der Waals surface area contributed by atoms with Crippen molar-refractivity contribution < 1.29 is 19.1 Å². The van der Waals surface area contributed by atoms with Gasteiger partial charge in [0.25, 0.3) is 5.91 Å². The van der Waals surface area contributed by atoms with E-state index >= 15 is 0 Å². The molecule has 1 aliphatic heterocycles. The molecule has 0 spiro atoms. The molecular formula is C19H24N2O4. The molecule has 25 heavy (non-hydrogen) atoms. The zero-order valence-corrected chi connectivity index (χ0v) is 14.9. The second-order valence-electron chi connectivity index (χ2n) is 6.52. The molecule has 3 rings (SSSR count). The van der Waals surface area contributed by atoms with Gasteiger partial charge in [0.05, 0.1) is 19.6 Å². The number of carbonyl (C=O) groups is 2. The summed E-state index contributed by atoms with van der Waals surface area (Å²) in [6, 6.07) is 6.10. The van der Waals surface area contributed by atoms with E-state index in [1.165, 1.54) is 0 Å². The molecule has 1 aliphatic rings. The predicted molar refractivity (Wildman–Crippen MR) is 94.4 cm³/mol. The Kier molecular flexibility index (Phi) is 5.08. The van der Waals surface area contributed by atoms with Crippen LogP contribution in [0.15, 0.2) is 18.2 Å². The number of carbonyl (C=O) groups excluding carboxylic acids is 2. The molecular weight excluding hydrogens is 320 g/mol. The minimum Gasteiger partial charge on any atom is -0.452 e. The average molecular weight is 344 g/mol. The number of aryl methyl sites for hydroxylation is 2. The Morgan fingerprint density at radius 3 is 2.72 bits per heavy atom. The Bertz CT molecular complexity index is 790. The quantitative estimate of drug-likeness (QED) is 0.863. The Morgan fingerprint density at radius 2 is 2.00 bits per heavy atom. The second kappa shape index (κ2) is 7.27. The zero-order chi connectivity index (χ0) is 18.0. The van der Waals surface area contributed by atoms with Gasteiger partial charge in [-0.3, -0.25) is 9.59 Å². The Morgan fingerprint density at radius 1 is 1.28 bits per heavy atom. The third-order valence-corrected chi connectivity index (χ3v) is 4.57. The number of amides is 1. The lowest BCUT2D eigenvalue weighted by atomic mass is 10.1. The maximum atomic E-state index is 12.4. The number of esters is 1. The first-order valence-corrected chi connectivity index (χ1v) is 8.59. The molecule has 1 aromatic heterocycles. The summed E-state index contributed by atoms with van der Waals surface area (Å²) in [5, 5.41) is 1.03.